The lowest BCUT2D eigenvalue weighted by Crippen LogP contribution is -2.44. The smallest absolute Gasteiger partial charge is 0.330 e. The quantitative estimate of drug-likeness (QED) is 0.648. The van der Waals surface area contributed by atoms with Crippen molar-refractivity contribution < 1.29 is 9.59 Å². The van der Waals surface area contributed by atoms with Crippen molar-refractivity contribution >= 4 is 29.0 Å². The first-order valence-electron chi connectivity index (χ1n) is 11.2. The van der Waals surface area contributed by atoms with Crippen molar-refractivity contribution in [3.63, 3.8) is 0 Å². The maximum Gasteiger partial charge on any atom is 0.330 e. The molecule has 9 nitrogen and oxygen atoms in total. The molecular formula is C23H31N5O4. The average Bonchev–Trinajstić information content (AvgIpc) is 3.17. The number of hydrogen-bond acceptors (Lipinski definition) is 5. The van der Waals surface area contributed by atoms with E-state index in [1.165, 1.54) is 9.47 Å². The van der Waals surface area contributed by atoms with Gasteiger partial charge >= 0.3 is 5.69 Å². The van der Waals surface area contributed by atoms with Crippen LogP contribution in [0.5, 0.6) is 0 Å². The molecule has 1 fully saturated rings. The van der Waals surface area contributed by atoms with Crippen molar-refractivity contribution in [1.29, 1.82) is 0 Å². The fraction of sp³-hybridized carbons (Fsp3) is 0.478. The molecule has 3 N–H and O–H groups in total. The molecule has 0 spiro atoms. The van der Waals surface area contributed by atoms with Gasteiger partial charge < -0.3 is 15.5 Å². The molecule has 2 aromatic rings. The third-order valence-corrected chi connectivity index (χ3v) is 5.93. The van der Waals surface area contributed by atoms with Crippen LogP contribution in [0, 0.1) is 5.92 Å². The second-order valence-electron chi connectivity index (χ2n) is 8.01. The highest BCUT2D eigenvalue weighted by Gasteiger charge is 2.38. The van der Waals surface area contributed by atoms with Crippen molar-refractivity contribution in [3.8, 4) is 0 Å². The number of benzene rings is 1. The number of nitrogens with one attached hydrogen (secondary N) is 1. The number of aryl methyl sites for hydroxylation is 1. The first-order valence-corrected chi connectivity index (χ1v) is 11.2. The number of nitrogens with two attached hydrogens (primary N) is 1. The number of amides is 2. The lowest BCUT2D eigenvalue weighted by Gasteiger charge is -2.25. The normalized spacial score (nSPS) is 15.9. The van der Waals surface area contributed by atoms with E-state index in [4.69, 9.17) is 5.73 Å². The number of unbranched alkanes of at least 4 members (excludes halogenated alkanes) is 1. The Morgan fingerprint density at radius 3 is 2.44 bits per heavy atom. The number of nitrogens with zero attached hydrogens (tertiary/aromatic N) is 3. The molecule has 2 heterocycles. The molecule has 0 unspecified atom stereocenters. The van der Waals surface area contributed by atoms with Gasteiger partial charge in [-0.1, -0.05) is 32.4 Å². The zero-order valence-electron chi connectivity index (χ0n) is 18.9. The molecule has 1 aromatic carbocycles. The average molecular weight is 442 g/mol. The predicted octanol–water partition coefficient (Wildman–Crippen LogP) is 1.89. The Morgan fingerprint density at radius 1 is 1.16 bits per heavy atom. The molecule has 1 saturated heterocycles. The minimum absolute atomic E-state index is 0.0290. The Kier molecular flexibility index (Phi) is 7.17. The Labute approximate surface area is 186 Å². The number of anilines is 3. The van der Waals surface area contributed by atoms with E-state index >= 15 is 0 Å². The van der Waals surface area contributed by atoms with Crippen LogP contribution in [-0.4, -0.2) is 34.5 Å². The van der Waals surface area contributed by atoms with Crippen molar-refractivity contribution in [2.75, 3.05) is 28.6 Å². The molecule has 32 heavy (non-hydrogen) atoms. The van der Waals surface area contributed by atoms with Crippen LogP contribution in [0.2, 0.25) is 0 Å². The molecule has 1 aliphatic rings. The lowest BCUT2D eigenvalue weighted by molar-refractivity contribution is -0.124. The van der Waals surface area contributed by atoms with Crippen molar-refractivity contribution in [1.82, 2.24) is 9.55 Å². The molecule has 2 amide bonds. The third-order valence-electron chi connectivity index (χ3n) is 5.93. The highest BCUT2D eigenvalue weighted by Crippen LogP contribution is 2.28. The predicted molar refractivity (Wildman–Crippen MR) is 125 cm³/mol. The summed E-state index contributed by atoms with van der Waals surface area (Å²) in [6, 6.07) is 7.70. The summed E-state index contributed by atoms with van der Waals surface area (Å²) in [4.78, 5) is 56.0. The fourth-order valence-corrected chi connectivity index (χ4v) is 4.06. The first kappa shape index (κ1) is 23.3. The summed E-state index contributed by atoms with van der Waals surface area (Å²) < 4.78 is 1.29. The van der Waals surface area contributed by atoms with Crippen LogP contribution in [0.15, 0.2) is 33.9 Å². The van der Waals surface area contributed by atoms with Gasteiger partial charge in [-0.15, -0.1) is 0 Å². The number of carbonyl (C=O) groups is 2. The van der Waals surface area contributed by atoms with Gasteiger partial charge in [0.2, 0.25) is 11.8 Å². The standard InChI is InChI=1S/C23H31N5O4/c1-4-7-12-27-20(24)19(21(30)25-23(27)32)26(6-3)22(31)16-13-18(29)28(14-16)17-10-8-15(5-2)9-11-17/h8-11,16H,4-7,12-14,24H2,1-3H3,(H,25,30,32)/t16-/m0/s1. The minimum atomic E-state index is -0.702. The van der Waals surface area contributed by atoms with Gasteiger partial charge in [0, 0.05) is 31.7 Å². The molecule has 9 heteroatoms. The van der Waals surface area contributed by atoms with Crippen molar-refractivity contribution in [3.05, 3.63) is 50.7 Å². The van der Waals surface area contributed by atoms with E-state index in [1.807, 2.05) is 31.2 Å². The summed E-state index contributed by atoms with van der Waals surface area (Å²) in [5.41, 5.74) is 6.77. The maximum absolute atomic E-state index is 13.4. The van der Waals surface area contributed by atoms with Crippen molar-refractivity contribution in [2.45, 2.75) is 53.0 Å². The molecule has 1 aliphatic heterocycles. The van der Waals surface area contributed by atoms with Crippen LogP contribution in [0.3, 0.4) is 0 Å². The van der Waals surface area contributed by atoms with E-state index in [0.717, 1.165) is 24.1 Å². The van der Waals surface area contributed by atoms with Gasteiger partial charge in [-0.25, -0.2) is 4.79 Å². The largest absolute Gasteiger partial charge is 0.383 e. The molecule has 172 valence electrons. The van der Waals surface area contributed by atoms with Crippen LogP contribution >= 0.6 is 0 Å². The van der Waals surface area contributed by atoms with Crippen molar-refractivity contribution in [2.24, 2.45) is 5.92 Å². The molecule has 0 aliphatic carbocycles. The summed E-state index contributed by atoms with van der Waals surface area (Å²) in [6.07, 6.45) is 2.50. The highest BCUT2D eigenvalue weighted by atomic mass is 16.2. The van der Waals surface area contributed by atoms with E-state index in [9.17, 15) is 19.2 Å². The number of H-pyrrole nitrogens is 1. The highest BCUT2D eigenvalue weighted by molar-refractivity contribution is 6.05. The Hall–Kier alpha value is -3.36. The topological polar surface area (TPSA) is 121 Å². The summed E-state index contributed by atoms with van der Waals surface area (Å²) in [6.45, 7) is 6.54. The Bertz CT molecular complexity index is 1100. The molecule has 0 bridgehead atoms. The molecule has 1 atom stereocenters. The minimum Gasteiger partial charge on any atom is -0.383 e. The zero-order valence-corrected chi connectivity index (χ0v) is 18.9. The molecule has 3 rings (SSSR count). The number of nitrogen functional groups attached to an aromatic ring is 1. The molecular weight excluding hydrogens is 410 g/mol. The van der Waals surface area contributed by atoms with Crippen LogP contribution in [0.1, 0.15) is 45.6 Å². The van der Waals surface area contributed by atoms with Gasteiger partial charge in [-0.05, 0) is 37.5 Å². The van der Waals surface area contributed by atoms with Gasteiger partial charge in [0.15, 0.2) is 5.69 Å². The molecule has 1 aromatic heterocycles. The number of aromatic amines is 1. The van der Waals surface area contributed by atoms with E-state index < -0.39 is 17.2 Å². The molecule has 0 saturated carbocycles. The maximum atomic E-state index is 13.4. The van der Waals surface area contributed by atoms with E-state index in [2.05, 4.69) is 11.9 Å². The van der Waals surface area contributed by atoms with Crippen LogP contribution in [-0.2, 0) is 22.6 Å². The van der Waals surface area contributed by atoms with Crippen LogP contribution in [0.4, 0.5) is 17.2 Å². The second-order valence-corrected chi connectivity index (χ2v) is 8.01. The lowest BCUT2D eigenvalue weighted by atomic mass is 10.1. The van der Waals surface area contributed by atoms with Gasteiger partial charge in [0.05, 0.1) is 5.92 Å². The monoisotopic (exact) mass is 441 g/mol. The second kappa shape index (κ2) is 9.84. The Balaban J connectivity index is 1.88. The summed E-state index contributed by atoms with van der Waals surface area (Å²) in [7, 11) is 0. The van der Waals surface area contributed by atoms with Crippen LogP contribution in [0.25, 0.3) is 0 Å². The zero-order chi connectivity index (χ0) is 23.4. The summed E-state index contributed by atoms with van der Waals surface area (Å²) in [5, 5.41) is 0. The number of hydrogen-bond donors (Lipinski definition) is 2. The number of aromatic nitrogens is 2. The summed E-state index contributed by atoms with van der Waals surface area (Å²) in [5.74, 6) is -1.13. The number of carbonyl (C=O) groups excluding carboxylic acids is 2. The SMILES string of the molecule is CCCCn1c(N)c(N(CC)C(=O)[C@H]2CC(=O)N(c3ccc(CC)cc3)C2)c(=O)[nH]c1=O. The van der Waals surface area contributed by atoms with E-state index in [-0.39, 0.29) is 42.8 Å². The molecule has 0 radical (unpaired) electrons. The van der Waals surface area contributed by atoms with E-state index in [1.54, 1.807) is 11.8 Å². The first-order chi connectivity index (χ1) is 15.3. The summed E-state index contributed by atoms with van der Waals surface area (Å²) >= 11 is 0. The van der Waals surface area contributed by atoms with E-state index in [0.29, 0.717) is 13.0 Å². The number of rotatable bonds is 8. The van der Waals surface area contributed by atoms with Crippen LogP contribution < -0.4 is 26.8 Å². The van der Waals surface area contributed by atoms with Gasteiger partial charge in [0.25, 0.3) is 5.56 Å². The fourth-order valence-electron chi connectivity index (χ4n) is 4.06. The van der Waals surface area contributed by atoms with Gasteiger partial charge in [-0.2, -0.15) is 0 Å². The third kappa shape index (κ3) is 4.46. The van der Waals surface area contributed by atoms with Gasteiger partial charge in [-0.3, -0.25) is 23.9 Å². The van der Waals surface area contributed by atoms with Gasteiger partial charge in [0.1, 0.15) is 5.82 Å². The Morgan fingerprint density at radius 2 is 1.84 bits per heavy atom.